The van der Waals surface area contributed by atoms with Crippen molar-refractivity contribution in [2.24, 2.45) is 11.7 Å². The molecule has 0 saturated carbocycles. The first-order valence-corrected chi connectivity index (χ1v) is 5.31. The van der Waals surface area contributed by atoms with Crippen molar-refractivity contribution in [2.75, 3.05) is 11.9 Å². The summed E-state index contributed by atoms with van der Waals surface area (Å²) in [5, 5.41) is 3.29. The molecule has 1 aromatic heterocycles. The molecule has 84 valence electrons. The largest absolute Gasteiger partial charge is 0.348 e. The molecule has 0 bridgehead atoms. The fraction of sp³-hybridized carbons (Fsp3) is 0.636. The van der Waals surface area contributed by atoms with E-state index in [1.165, 1.54) is 0 Å². The maximum Gasteiger partial charge on any atom is 0.223 e. The summed E-state index contributed by atoms with van der Waals surface area (Å²) >= 11 is 0. The van der Waals surface area contributed by atoms with Crippen molar-refractivity contribution in [1.82, 2.24) is 9.97 Å². The van der Waals surface area contributed by atoms with Gasteiger partial charge in [0.2, 0.25) is 5.95 Å². The molecule has 1 heterocycles. The fourth-order valence-electron chi connectivity index (χ4n) is 1.72. The first-order valence-electron chi connectivity index (χ1n) is 5.31. The third kappa shape index (κ3) is 3.83. The quantitative estimate of drug-likeness (QED) is 0.772. The van der Waals surface area contributed by atoms with E-state index in [0.717, 1.165) is 6.42 Å². The van der Waals surface area contributed by atoms with E-state index < -0.39 is 0 Å². The van der Waals surface area contributed by atoms with E-state index in [1.807, 2.05) is 0 Å². The van der Waals surface area contributed by atoms with Gasteiger partial charge in [-0.25, -0.2) is 9.97 Å². The number of rotatable bonds is 5. The Kier molecular flexibility index (Phi) is 4.03. The van der Waals surface area contributed by atoms with Gasteiger partial charge in [-0.3, -0.25) is 0 Å². The van der Waals surface area contributed by atoms with E-state index >= 15 is 0 Å². The number of nitrogens with two attached hydrogens (primary N) is 1. The summed E-state index contributed by atoms with van der Waals surface area (Å²) in [4.78, 5) is 8.28. The second-order valence-electron chi connectivity index (χ2n) is 4.56. The van der Waals surface area contributed by atoms with Gasteiger partial charge in [-0.2, -0.15) is 0 Å². The van der Waals surface area contributed by atoms with Crippen molar-refractivity contribution >= 4 is 5.95 Å². The molecule has 0 saturated heterocycles. The highest BCUT2D eigenvalue weighted by molar-refractivity contribution is 5.27. The van der Waals surface area contributed by atoms with Crippen molar-refractivity contribution in [1.29, 1.82) is 0 Å². The lowest BCUT2D eigenvalue weighted by Crippen LogP contribution is -2.44. The molecule has 0 spiro atoms. The van der Waals surface area contributed by atoms with Crippen LogP contribution in [0.25, 0.3) is 0 Å². The summed E-state index contributed by atoms with van der Waals surface area (Å²) < 4.78 is 0. The number of anilines is 1. The van der Waals surface area contributed by atoms with E-state index in [4.69, 9.17) is 5.73 Å². The molecule has 1 rings (SSSR count). The Bertz CT molecular complexity index is 286. The molecular formula is C11H20N4. The van der Waals surface area contributed by atoms with Crippen molar-refractivity contribution in [2.45, 2.75) is 32.7 Å². The van der Waals surface area contributed by atoms with Crippen molar-refractivity contribution in [3.63, 3.8) is 0 Å². The smallest absolute Gasteiger partial charge is 0.223 e. The third-order valence-electron chi connectivity index (χ3n) is 2.29. The van der Waals surface area contributed by atoms with Crippen LogP contribution in [-0.2, 0) is 0 Å². The summed E-state index contributed by atoms with van der Waals surface area (Å²) in [5.41, 5.74) is 5.66. The van der Waals surface area contributed by atoms with Crippen LogP contribution >= 0.6 is 0 Å². The van der Waals surface area contributed by atoms with Gasteiger partial charge in [0.1, 0.15) is 0 Å². The predicted octanol–water partition coefficient (Wildman–Crippen LogP) is 1.65. The molecule has 4 heteroatoms. The van der Waals surface area contributed by atoms with E-state index in [-0.39, 0.29) is 5.54 Å². The molecule has 0 aliphatic rings. The van der Waals surface area contributed by atoms with Gasteiger partial charge in [-0.05, 0) is 25.3 Å². The average molecular weight is 208 g/mol. The highest BCUT2D eigenvalue weighted by Crippen LogP contribution is 2.19. The van der Waals surface area contributed by atoms with E-state index in [9.17, 15) is 0 Å². The van der Waals surface area contributed by atoms with Crippen LogP contribution in [-0.4, -0.2) is 22.1 Å². The Morgan fingerprint density at radius 1 is 1.40 bits per heavy atom. The normalized spacial score (nSPS) is 15.0. The molecule has 3 N–H and O–H groups in total. The maximum absolute atomic E-state index is 5.79. The van der Waals surface area contributed by atoms with Crippen molar-refractivity contribution < 1.29 is 0 Å². The van der Waals surface area contributed by atoms with Crippen LogP contribution < -0.4 is 11.1 Å². The number of nitrogens with zero attached hydrogens (tertiary/aromatic N) is 2. The third-order valence-corrected chi connectivity index (χ3v) is 2.29. The van der Waals surface area contributed by atoms with Crippen LogP contribution in [0.5, 0.6) is 0 Å². The minimum Gasteiger partial charge on any atom is -0.348 e. The molecule has 0 aliphatic heterocycles. The van der Waals surface area contributed by atoms with Crippen LogP contribution in [0, 0.1) is 5.92 Å². The maximum atomic E-state index is 5.79. The van der Waals surface area contributed by atoms with Gasteiger partial charge in [0.15, 0.2) is 0 Å². The zero-order valence-electron chi connectivity index (χ0n) is 9.70. The molecular weight excluding hydrogens is 188 g/mol. The summed E-state index contributed by atoms with van der Waals surface area (Å²) in [6, 6.07) is 1.80. The van der Waals surface area contributed by atoms with Crippen molar-refractivity contribution in [3.8, 4) is 0 Å². The molecule has 0 radical (unpaired) electrons. The summed E-state index contributed by atoms with van der Waals surface area (Å²) in [7, 11) is 0. The van der Waals surface area contributed by atoms with Gasteiger partial charge in [-0.15, -0.1) is 0 Å². The number of hydrogen-bond acceptors (Lipinski definition) is 4. The lowest BCUT2D eigenvalue weighted by atomic mass is 9.91. The Morgan fingerprint density at radius 3 is 2.47 bits per heavy atom. The van der Waals surface area contributed by atoms with Gasteiger partial charge < -0.3 is 11.1 Å². The molecule has 4 nitrogen and oxygen atoms in total. The molecule has 1 atom stereocenters. The first kappa shape index (κ1) is 11.9. The van der Waals surface area contributed by atoms with E-state index in [1.54, 1.807) is 18.5 Å². The summed E-state index contributed by atoms with van der Waals surface area (Å²) in [5.74, 6) is 1.24. The van der Waals surface area contributed by atoms with Crippen LogP contribution in [0.4, 0.5) is 5.95 Å². The van der Waals surface area contributed by atoms with E-state index in [0.29, 0.717) is 18.4 Å². The molecule has 0 fully saturated rings. The second kappa shape index (κ2) is 5.07. The molecule has 0 amide bonds. The highest BCUT2D eigenvalue weighted by Gasteiger charge is 2.24. The van der Waals surface area contributed by atoms with E-state index in [2.05, 4.69) is 36.1 Å². The van der Waals surface area contributed by atoms with Crippen molar-refractivity contribution in [3.05, 3.63) is 18.5 Å². The lowest BCUT2D eigenvalue weighted by molar-refractivity contribution is 0.405. The Hall–Kier alpha value is -1.16. The molecule has 0 aliphatic carbocycles. The number of nitrogens with one attached hydrogen (secondary N) is 1. The Morgan fingerprint density at radius 2 is 2.00 bits per heavy atom. The van der Waals surface area contributed by atoms with Gasteiger partial charge in [0, 0.05) is 24.5 Å². The zero-order valence-corrected chi connectivity index (χ0v) is 9.70. The molecule has 1 aromatic rings. The summed E-state index contributed by atoms with van der Waals surface area (Å²) in [6.07, 6.45) is 4.45. The molecule has 15 heavy (non-hydrogen) atoms. The van der Waals surface area contributed by atoms with Gasteiger partial charge in [0.05, 0.1) is 0 Å². The summed E-state index contributed by atoms with van der Waals surface area (Å²) in [6.45, 7) is 7.04. The fourth-order valence-corrected chi connectivity index (χ4v) is 1.72. The number of hydrogen-bond donors (Lipinski definition) is 2. The highest BCUT2D eigenvalue weighted by atomic mass is 15.1. The first-order chi connectivity index (χ1) is 7.06. The monoisotopic (exact) mass is 208 g/mol. The standard InChI is InChI=1S/C11H20N4/c1-9(2)7-11(3,8-12)15-10-13-5-4-6-14-10/h4-6,9H,7-8,12H2,1-3H3,(H,13,14,15). The minimum absolute atomic E-state index is 0.129. The van der Waals surface area contributed by atoms with Crippen LogP contribution in [0.2, 0.25) is 0 Å². The Labute approximate surface area is 91.3 Å². The van der Waals surface area contributed by atoms with Crippen LogP contribution in [0.1, 0.15) is 27.2 Å². The lowest BCUT2D eigenvalue weighted by Gasteiger charge is -2.31. The molecule has 1 unspecified atom stereocenters. The minimum atomic E-state index is -0.129. The van der Waals surface area contributed by atoms with Gasteiger partial charge in [0.25, 0.3) is 0 Å². The van der Waals surface area contributed by atoms with Crippen LogP contribution in [0.15, 0.2) is 18.5 Å². The molecule has 0 aromatic carbocycles. The number of aromatic nitrogens is 2. The SMILES string of the molecule is CC(C)CC(C)(CN)Nc1ncccn1. The predicted molar refractivity (Wildman–Crippen MR) is 62.6 cm³/mol. The topological polar surface area (TPSA) is 63.8 Å². The van der Waals surface area contributed by atoms with Gasteiger partial charge in [-0.1, -0.05) is 13.8 Å². The zero-order chi connectivity index (χ0) is 11.3. The van der Waals surface area contributed by atoms with Crippen LogP contribution in [0.3, 0.4) is 0 Å². The van der Waals surface area contributed by atoms with Gasteiger partial charge >= 0.3 is 0 Å². The second-order valence-corrected chi connectivity index (χ2v) is 4.56. The average Bonchev–Trinajstić information content (AvgIpc) is 2.18. The Balaban J connectivity index is 2.68.